The van der Waals surface area contributed by atoms with E-state index in [-0.39, 0.29) is 6.54 Å². The summed E-state index contributed by atoms with van der Waals surface area (Å²) in [6, 6.07) is -1.17. The lowest BCUT2D eigenvalue weighted by molar-refractivity contribution is -0.139. The van der Waals surface area contributed by atoms with Crippen molar-refractivity contribution in [2.24, 2.45) is 0 Å². The van der Waals surface area contributed by atoms with Crippen LogP contribution in [-0.4, -0.2) is 30.3 Å². The minimum Gasteiger partial charge on any atom is -0.480 e. The Bertz CT molecular complexity index is 152. The minimum atomic E-state index is -1.22. The number of hydrogen-bond acceptors (Lipinski definition) is 2. The van der Waals surface area contributed by atoms with Crippen molar-refractivity contribution in [3.63, 3.8) is 0 Å². The molecule has 56 valence electrons. The maximum absolute atomic E-state index is 11.7. The molecule has 3 nitrogen and oxygen atoms in total. The van der Waals surface area contributed by atoms with E-state index in [1.807, 2.05) is 0 Å². The number of hydrogen-bond donors (Lipinski definition) is 2. The van der Waals surface area contributed by atoms with Gasteiger partial charge in [0.25, 0.3) is 0 Å². The van der Waals surface area contributed by atoms with E-state index < -0.39 is 18.7 Å². The van der Waals surface area contributed by atoms with E-state index in [4.69, 9.17) is 11.5 Å². The highest BCUT2D eigenvalue weighted by Gasteiger charge is 2.14. The molecule has 1 unspecified atom stereocenters. The van der Waals surface area contributed by atoms with Gasteiger partial charge in [-0.1, -0.05) is 5.92 Å². The molecule has 0 radical (unpaired) electrons. The van der Waals surface area contributed by atoms with Gasteiger partial charge in [0.05, 0.1) is 6.54 Å². The van der Waals surface area contributed by atoms with Gasteiger partial charge in [-0.2, -0.15) is 0 Å². The summed E-state index contributed by atoms with van der Waals surface area (Å²) in [5.74, 6) is 0.922. The van der Waals surface area contributed by atoms with Crippen LogP contribution in [0.1, 0.15) is 0 Å². The van der Waals surface area contributed by atoms with E-state index in [0.29, 0.717) is 0 Å². The Kier molecular flexibility index (Phi) is 4.25. The summed E-state index contributed by atoms with van der Waals surface area (Å²) < 4.78 is 11.7. The second-order valence-corrected chi connectivity index (χ2v) is 1.63. The van der Waals surface area contributed by atoms with Crippen molar-refractivity contribution < 1.29 is 14.3 Å². The smallest absolute Gasteiger partial charge is 0.323 e. The number of carboxylic acids is 1. The average Bonchev–Trinajstić information content (AvgIpc) is 1.89. The summed E-state index contributed by atoms with van der Waals surface area (Å²) >= 11 is 0. The van der Waals surface area contributed by atoms with Gasteiger partial charge in [-0.15, -0.1) is 6.42 Å². The average molecular weight is 145 g/mol. The molecular weight excluding hydrogens is 137 g/mol. The Labute approximate surface area is 58.2 Å². The van der Waals surface area contributed by atoms with Gasteiger partial charge in [-0.25, -0.2) is 4.39 Å². The highest BCUT2D eigenvalue weighted by Crippen LogP contribution is 1.83. The Morgan fingerprint density at radius 2 is 2.50 bits per heavy atom. The summed E-state index contributed by atoms with van der Waals surface area (Å²) in [6.45, 7) is -0.877. The van der Waals surface area contributed by atoms with Crippen molar-refractivity contribution in [2.75, 3.05) is 13.2 Å². The quantitative estimate of drug-likeness (QED) is 0.531. The lowest BCUT2D eigenvalue weighted by Gasteiger charge is -2.05. The van der Waals surface area contributed by atoms with Crippen molar-refractivity contribution in [1.29, 1.82) is 0 Å². The third-order valence-corrected chi connectivity index (χ3v) is 0.903. The van der Waals surface area contributed by atoms with E-state index in [9.17, 15) is 9.18 Å². The first-order valence-corrected chi connectivity index (χ1v) is 2.68. The summed E-state index contributed by atoms with van der Waals surface area (Å²) in [7, 11) is 0. The van der Waals surface area contributed by atoms with Crippen molar-refractivity contribution in [3.05, 3.63) is 0 Å². The Balaban J connectivity index is 3.63. The molecule has 2 N–H and O–H groups in total. The predicted octanol–water partition coefficient (Wildman–Crippen LogP) is -0.368. The molecule has 0 aliphatic heterocycles. The van der Waals surface area contributed by atoms with Crippen LogP contribution < -0.4 is 5.32 Å². The molecular formula is C6H8FNO2. The van der Waals surface area contributed by atoms with Crippen LogP contribution >= 0.6 is 0 Å². The zero-order valence-electron chi connectivity index (χ0n) is 5.30. The van der Waals surface area contributed by atoms with Gasteiger partial charge in [0.1, 0.15) is 12.7 Å². The largest absolute Gasteiger partial charge is 0.480 e. The van der Waals surface area contributed by atoms with Gasteiger partial charge < -0.3 is 5.11 Å². The van der Waals surface area contributed by atoms with Crippen molar-refractivity contribution in [1.82, 2.24) is 5.32 Å². The summed E-state index contributed by atoms with van der Waals surface area (Å²) in [4.78, 5) is 10.1. The third kappa shape index (κ3) is 3.05. The summed E-state index contributed by atoms with van der Waals surface area (Å²) in [5.41, 5.74) is 0. The van der Waals surface area contributed by atoms with Gasteiger partial charge in [0.15, 0.2) is 0 Å². The predicted molar refractivity (Wildman–Crippen MR) is 34.2 cm³/mol. The standard InChI is InChI=1S/C6H8FNO2/c1-2-3-8-5(4-7)6(9)10/h1,5,8H,3-4H2,(H,9,10). The van der Waals surface area contributed by atoms with Crippen molar-refractivity contribution >= 4 is 5.97 Å². The maximum Gasteiger partial charge on any atom is 0.323 e. The second-order valence-electron chi connectivity index (χ2n) is 1.63. The Hall–Kier alpha value is -1.08. The van der Waals surface area contributed by atoms with Crippen LogP contribution in [0.5, 0.6) is 0 Å². The fraction of sp³-hybridized carbons (Fsp3) is 0.500. The molecule has 0 saturated heterocycles. The number of carboxylic acid groups (broad SMARTS) is 1. The maximum atomic E-state index is 11.7. The van der Waals surface area contributed by atoms with E-state index in [2.05, 4.69) is 11.2 Å². The van der Waals surface area contributed by atoms with Crippen LogP contribution in [-0.2, 0) is 4.79 Å². The summed E-state index contributed by atoms with van der Waals surface area (Å²) in [5, 5.41) is 10.5. The van der Waals surface area contributed by atoms with Crippen LogP contribution in [0.25, 0.3) is 0 Å². The van der Waals surface area contributed by atoms with Gasteiger partial charge in [0.2, 0.25) is 0 Å². The monoisotopic (exact) mass is 145 g/mol. The molecule has 1 atom stereocenters. The normalized spacial score (nSPS) is 12.0. The topological polar surface area (TPSA) is 49.3 Å². The molecule has 0 saturated carbocycles. The first kappa shape index (κ1) is 8.92. The number of rotatable bonds is 4. The molecule has 10 heavy (non-hydrogen) atoms. The SMILES string of the molecule is C#CCNC(CF)C(=O)O. The Morgan fingerprint density at radius 3 is 2.80 bits per heavy atom. The number of alkyl halides is 1. The zero-order chi connectivity index (χ0) is 7.98. The van der Waals surface area contributed by atoms with E-state index in [0.717, 1.165) is 0 Å². The molecule has 4 heteroatoms. The zero-order valence-corrected chi connectivity index (χ0v) is 5.30. The molecule has 0 heterocycles. The molecule has 0 rings (SSSR count). The minimum absolute atomic E-state index is 0.0703. The lowest BCUT2D eigenvalue weighted by atomic mass is 10.3. The molecule has 0 bridgehead atoms. The molecule has 0 fully saturated rings. The summed E-state index contributed by atoms with van der Waals surface area (Å²) in [6.07, 6.45) is 4.80. The van der Waals surface area contributed by atoms with Gasteiger partial charge in [0, 0.05) is 0 Å². The molecule has 0 aromatic carbocycles. The number of halogens is 1. The highest BCUT2D eigenvalue weighted by molar-refractivity contribution is 5.73. The van der Waals surface area contributed by atoms with E-state index in [1.54, 1.807) is 0 Å². The first-order chi connectivity index (χ1) is 4.72. The first-order valence-electron chi connectivity index (χ1n) is 2.68. The highest BCUT2D eigenvalue weighted by atomic mass is 19.1. The molecule has 0 spiro atoms. The number of terminal acetylenes is 1. The van der Waals surface area contributed by atoms with Crippen molar-refractivity contribution in [3.8, 4) is 12.3 Å². The van der Waals surface area contributed by atoms with E-state index >= 15 is 0 Å². The molecule has 0 amide bonds. The number of carbonyl (C=O) groups is 1. The molecule has 0 aromatic heterocycles. The molecule has 0 aromatic rings. The van der Waals surface area contributed by atoms with E-state index in [1.165, 1.54) is 0 Å². The number of nitrogens with one attached hydrogen (secondary N) is 1. The lowest BCUT2D eigenvalue weighted by Crippen LogP contribution is -2.38. The Morgan fingerprint density at radius 1 is 1.90 bits per heavy atom. The van der Waals surface area contributed by atoms with Gasteiger partial charge in [-0.05, 0) is 0 Å². The third-order valence-electron chi connectivity index (χ3n) is 0.903. The second kappa shape index (κ2) is 4.77. The fourth-order valence-electron chi connectivity index (χ4n) is 0.390. The molecule has 0 aliphatic carbocycles. The van der Waals surface area contributed by atoms with Crippen LogP contribution in [0.3, 0.4) is 0 Å². The van der Waals surface area contributed by atoms with Crippen molar-refractivity contribution in [2.45, 2.75) is 6.04 Å². The van der Waals surface area contributed by atoms with Crippen LogP contribution in [0.15, 0.2) is 0 Å². The van der Waals surface area contributed by atoms with Gasteiger partial charge >= 0.3 is 5.97 Å². The van der Waals surface area contributed by atoms with Gasteiger partial charge in [-0.3, -0.25) is 10.1 Å². The van der Waals surface area contributed by atoms with Crippen LogP contribution in [0.2, 0.25) is 0 Å². The molecule has 0 aliphatic rings. The van der Waals surface area contributed by atoms with Crippen LogP contribution in [0, 0.1) is 12.3 Å². The fourth-order valence-corrected chi connectivity index (χ4v) is 0.390. The van der Waals surface area contributed by atoms with Crippen LogP contribution in [0.4, 0.5) is 4.39 Å². The number of aliphatic carboxylic acids is 1.